The Balaban J connectivity index is 1.64. The normalized spacial score (nSPS) is 13.3. The van der Waals surface area contributed by atoms with E-state index < -0.39 is 0 Å². The number of benzene rings is 2. The van der Waals surface area contributed by atoms with Crippen molar-refractivity contribution in [3.05, 3.63) is 66.0 Å². The molecule has 2 heterocycles. The van der Waals surface area contributed by atoms with Crippen LogP contribution in [0.4, 0.5) is 20.6 Å². The molecule has 0 saturated carbocycles. The van der Waals surface area contributed by atoms with Crippen molar-refractivity contribution in [2.24, 2.45) is 0 Å². The molecule has 0 radical (unpaired) electrons. The first-order chi connectivity index (χ1) is 14.6. The number of halogens is 1. The number of amides is 2. The van der Waals surface area contributed by atoms with Gasteiger partial charge in [0.2, 0.25) is 0 Å². The Morgan fingerprint density at radius 3 is 2.80 bits per heavy atom. The van der Waals surface area contributed by atoms with Crippen molar-refractivity contribution in [1.82, 2.24) is 14.8 Å². The van der Waals surface area contributed by atoms with Gasteiger partial charge in [-0.05, 0) is 49.2 Å². The molecule has 0 saturated heterocycles. The maximum atomic E-state index is 13.2. The number of nitrogens with zero attached hydrogens (tertiary/aromatic N) is 4. The number of rotatable bonds is 5. The van der Waals surface area contributed by atoms with E-state index >= 15 is 0 Å². The van der Waals surface area contributed by atoms with Gasteiger partial charge in [0.05, 0.1) is 13.7 Å². The second-order valence-electron chi connectivity index (χ2n) is 7.22. The number of carbonyl (C=O) groups is 1. The van der Waals surface area contributed by atoms with Gasteiger partial charge in [-0.15, -0.1) is 10.2 Å². The molecule has 156 valence electrons. The van der Waals surface area contributed by atoms with Crippen molar-refractivity contribution in [3.63, 3.8) is 0 Å². The number of methoxy groups -OCH3 is 1. The van der Waals surface area contributed by atoms with E-state index in [0.29, 0.717) is 17.1 Å². The van der Waals surface area contributed by atoms with Crippen LogP contribution in [0.15, 0.2) is 48.5 Å². The lowest BCUT2D eigenvalue weighted by Crippen LogP contribution is -2.35. The first kappa shape index (κ1) is 19.9. The van der Waals surface area contributed by atoms with Gasteiger partial charge in [-0.25, -0.2) is 9.18 Å². The van der Waals surface area contributed by atoms with E-state index in [1.54, 1.807) is 18.1 Å². The van der Waals surface area contributed by atoms with Gasteiger partial charge >= 0.3 is 6.03 Å². The maximum Gasteiger partial charge on any atom is 0.326 e. The summed E-state index contributed by atoms with van der Waals surface area (Å²) in [4.78, 5) is 14.8. The minimum absolute atomic E-state index is 0.257. The number of urea groups is 1. The monoisotopic (exact) mass is 409 g/mol. The summed E-state index contributed by atoms with van der Waals surface area (Å²) < 4.78 is 20.7. The zero-order chi connectivity index (χ0) is 20.9. The zero-order valence-corrected chi connectivity index (χ0v) is 16.8. The fraction of sp³-hybridized carbons (Fsp3) is 0.318. The van der Waals surface area contributed by atoms with E-state index in [9.17, 15) is 9.18 Å². The smallest absolute Gasteiger partial charge is 0.326 e. The summed E-state index contributed by atoms with van der Waals surface area (Å²) in [6, 6.07) is 12.6. The van der Waals surface area contributed by atoms with E-state index in [2.05, 4.69) is 20.1 Å². The van der Waals surface area contributed by atoms with Crippen LogP contribution in [0, 0.1) is 5.82 Å². The molecule has 1 N–H and O–H groups in total. The number of hydrogen-bond acceptors (Lipinski definition) is 4. The van der Waals surface area contributed by atoms with Crippen LogP contribution in [0.1, 0.15) is 30.9 Å². The highest BCUT2D eigenvalue weighted by Gasteiger charge is 2.22. The molecule has 2 amide bonds. The second kappa shape index (κ2) is 8.94. The number of aryl methyl sites for hydroxylation is 1. The van der Waals surface area contributed by atoms with Crippen LogP contribution in [-0.4, -0.2) is 27.9 Å². The average molecular weight is 409 g/mol. The number of ether oxygens (including phenoxy) is 1. The molecule has 1 aromatic heterocycles. The van der Waals surface area contributed by atoms with Crippen LogP contribution >= 0.6 is 0 Å². The molecular weight excluding hydrogens is 385 g/mol. The van der Waals surface area contributed by atoms with Crippen molar-refractivity contribution in [2.75, 3.05) is 17.3 Å². The van der Waals surface area contributed by atoms with Gasteiger partial charge in [-0.2, -0.15) is 0 Å². The summed E-state index contributed by atoms with van der Waals surface area (Å²) in [6.07, 6.45) is 4.23. The Morgan fingerprint density at radius 1 is 1.17 bits per heavy atom. The Labute approximate surface area is 174 Å². The molecule has 7 nitrogen and oxygen atoms in total. The van der Waals surface area contributed by atoms with Crippen molar-refractivity contribution in [1.29, 1.82) is 0 Å². The number of aromatic nitrogens is 3. The molecule has 0 fully saturated rings. The van der Waals surface area contributed by atoms with Gasteiger partial charge in [0, 0.05) is 30.4 Å². The van der Waals surface area contributed by atoms with Crippen LogP contribution in [0.2, 0.25) is 0 Å². The van der Waals surface area contributed by atoms with Gasteiger partial charge in [0.1, 0.15) is 17.4 Å². The minimum atomic E-state index is -0.358. The van der Waals surface area contributed by atoms with Gasteiger partial charge in [-0.1, -0.05) is 12.5 Å². The van der Waals surface area contributed by atoms with Crippen LogP contribution in [0.5, 0.6) is 5.75 Å². The number of hydrogen-bond donors (Lipinski definition) is 1. The molecule has 0 aliphatic carbocycles. The van der Waals surface area contributed by atoms with Gasteiger partial charge < -0.3 is 14.6 Å². The Morgan fingerprint density at radius 2 is 2.00 bits per heavy atom. The lowest BCUT2D eigenvalue weighted by Gasteiger charge is -2.23. The highest BCUT2D eigenvalue weighted by molar-refractivity contribution is 6.01. The van der Waals surface area contributed by atoms with E-state index in [0.717, 1.165) is 43.9 Å². The highest BCUT2D eigenvalue weighted by Crippen LogP contribution is 2.25. The molecule has 30 heavy (non-hydrogen) atoms. The summed E-state index contributed by atoms with van der Waals surface area (Å²) in [5.74, 6) is 1.99. The van der Waals surface area contributed by atoms with Crippen LogP contribution in [0.3, 0.4) is 0 Å². The molecule has 0 spiro atoms. The van der Waals surface area contributed by atoms with Crippen molar-refractivity contribution in [3.8, 4) is 5.75 Å². The van der Waals surface area contributed by atoms with E-state index in [1.165, 1.54) is 24.3 Å². The summed E-state index contributed by atoms with van der Waals surface area (Å²) in [5.41, 5.74) is 1.18. The minimum Gasteiger partial charge on any atom is -0.497 e. The fourth-order valence-corrected chi connectivity index (χ4v) is 3.59. The molecule has 0 unspecified atom stereocenters. The van der Waals surface area contributed by atoms with Crippen molar-refractivity contribution >= 4 is 17.4 Å². The largest absolute Gasteiger partial charge is 0.497 e. The maximum absolute atomic E-state index is 13.2. The Kier molecular flexibility index (Phi) is 5.92. The Bertz CT molecular complexity index is 1020. The SMILES string of the molecule is COc1cccc(N(Cc2nnc3n2CCCCC3)C(=O)Nc2ccc(F)cc2)c1. The van der Waals surface area contributed by atoms with Gasteiger partial charge in [-0.3, -0.25) is 4.90 Å². The molecule has 4 rings (SSSR count). The molecular formula is C22H24FN5O2. The van der Waals surface area contributed by atoms with Crippen molar-refractivity contribution in [2.45, 2.75) is 38.8 Å². The van der Waals surface area contributed by atoms with Crippen LogP contribution in [-0.2, 0) is 19.5 Å². The van der Waals surface area contributed by atoms with E-state index in [1.807, 2.05) is 18.2 Å². The summed E-state index contributed by atoms with van der Waals surface area (Å²) in [5, 5.41) is 11.5. The molecule has 0 bridgehead atoms. The number of anilines is 2. The standard InChI is InChI=1S/C22H24FN5O2/c1-30-19-7-5-6-18(14-19)28(22(29)24-17-11-9-16(23)10-12-17)15-21-26-25-20-8-3-2-4-13-27(20)21/h5-7,9-12,14H,2-4,8,13,15H2,1H3,(H,24,29). The number of carbonyl (C=O) groups excluding carboxylic acids is 1. The second-order valence-corrected chi connectivity index (χ2v) is 7.22. The van der Waals surface area contributed by atoms with Crippen LogP contribution in [0.25, 0.3) is 0 Å². The molecule has 1 aliphatic rings. The predicted molar refractivity (Wildman–Crippen MR) is 112 cm³/mol. The van der Waals surface area contributed by atoms with Crippen molar-refractivity contribution < 1.29 is 13.9 Å². The predicted octanol–water partition coefficient (Wildman–Crippen LogP) is 4.39. The molecule has 0 atom stereocenters. The summed E-state index contributed by atoms with van der Waals surface area (Å²) >= 11 is 0. The molecule has 1 aliphatic heterocycles. The van der Waals surface area contributed by atoms with E-state index in [4.69, 9.17) is 4.74 Å². The number of fused-ring (bicyclic) bond motifs is 1. The third kappa shape index (κ3) is 4.42. The summed E-state index contributed by atoms with van der Waals surface area (Å²) in [6.45, 7) is 1.11. The lowest BCUT2D eigenvalue weighted by molar-refractivity contribution is 0.256. The van der Waals surface area contributed by atoms with Gasteiger partial charge in [0.25, 0.3) is 0 Å². The third-order valence-electron chi connectivity index (χ3n) is 5.19. The van der Waals surface area contributed by atoms with E-state index in [-0.39, 0.29) is 18.4 Å². The fourth-order valence-electron chi connectivity index (χ4n) is 3.59. The molecule has 8 heteroatoms. The topological polar surface area (TPSA) is 72.3 Å². The highest BCUT2D eigenvalue weighted by atomic mass is 19.1. The first-order valence-corrected chi connectivity index (χ1v) is 10.0. The number of nitrogens with one attached hydrogen (secondary N) is 1. The Hall–Kier alpha value is -3.42. The summed E-state index contributed by atoms with van der Waals surface area (Å²) in [7, 11) is 1.58. The van der Waals surface area contributed by atoms with Gasteiger partial charge in [0.15, 0.2) is 5.82 Å². The molecule has 2 aromatic carbocycles. The zero-order valence-electron chi connectivity index (χ0n) is 16.8. The lowest BCUT2D eigenvalue weighted by atomic mass is 10.2. The third-order valence-corrected chi connectivity index (χ3v) is 5.19. The average Bonchev–Trinajstić information content (AvgIpc) is 2.99. The quantitative estimate of drug-likeness (QED) is 0.678. The molecule has 3 aromatic rings. The van der Waals surface area contributed by atoms with Crippen LogP contribution < -0.4 is 15.0 Å². The first-order valence-electron chi connectivity index (χ1n) is 10.0.